The molecule has 2 saturated heterocycles. The van der Waals surface area contributed by atoms with Gasteiger partial charge in [-0.05, 0) is 39.0 Å². The highest BCUT2D eigenvalue weighted by molar-refractivity contribution is 5.77. The number of nitrogens with two attached hydrogens (primary N) is 1. The fraction of sp³-hybridized carbons (Fsp3) is 0.923. The van der Waals surface area contributed by atoms with Gasteiger partial charge in [-0.3, -0.25) is 4.79 Å². The van der Waals surface area contributed by atoms with E-state index in [4.69, 9.17) is 10.5 Å². The second-order valence-electron chi connectivity index (χ2n) is 5.85. The summed E-state index contributed by atoms with van der Waals surface area (Å²) in [5.41, 5.74) is 5.88. The van der Waals surface area contributed by atoms with E-state index < -0.39 is 0 Å². The predicted molar refractivity (Wildman–Crippen MR) is 66.5 cm³/mol. The highest BCUT2D eigenvalue weighted by Crippen LogP contribution is 2.30. The molecule has 1 amide bonds. The third kappa shape index (κ3) is 2.63. The summed E-state index contributed by atoms with van der Waals surface area (Å²) in [4.78, 5) is 14.3. The van der Waals surface area contributed by atoms with Gasteiger partial charge >= 0.3 is 0 Å². The van der Waals surface area contributed by atoms with Crippen LogP contribution >= 0.6 is 0 Å². The maximum absolute atomic E-state index is 12.3. The first kappa shape index (κ1) is 12.8. The number of carbonyl (C=O) groups is 1. The summed E-state index contributed by atoms with van der Waals surface area (Å²) >= 11 is 0. The molecule has 0 bridgehead atoms. The molecule has 4 heteroatoms. The zero-order valence-electron chi connectivity index (χ0n) is 10.9. The average Bonchev–Trinajstić information content (AvgIpc) is 2.55. The molecule has 0 spiro atoms. The minimum absolute atomic E-state index is 0.112. The van der Waals surface area contributed by atoms with Crippen LogP contribution in [0, 0.1) is 5.92 Å². The number of carbonyl (C=O) groups excluding carboxylic acids is 1. The molecule has 0 saturated carbocycles. The van der Waals surface area contributed by atoms with Crippen molar-refractivity contribution in [1.82, 2.24) is 4.90 Å². The minimum atomic E-state index is -0.178. The Morgan fingerprint density at radius 1 is 1.35 bits per heavy atom. The highest BCUT2D eigenvalue weighted by Gasteiger charge is 2.41. The Labute approximate surface area is 103 Å². The number of hydrogen-bond donors (Lipinski definition) is 1. The largest absolute Gasteiger partial charge is 0.381 e. The second kappa shape index (κ2) is 4.94. The van der Waals surface area contributed by atoms with Crippen molar-refractivity contribution in [2.45, 2.75) is 51.1 Å². The lowest BCUT2D eigenvalue weighted by Gasteiger charge is -2.35. The van der Waals surface area contributed by atoms with Crippen LogP contribution in [0.2, 0.25) is 0 Å². The van der Waals surface area contributed by atoms with Gasteiger partial charge in [-0.1, -0.05) is 0 Å². The number of rotatable bonds is 2. The predicted octanol–water partition coefficient (Wildman–Crippen LogP) is 1.14. The molecule has 0 aromatic rings. The zero-order chi connectivity index (χ0) is 12.5. The average molecular weight is 240 g/mol. The minimum Gasteiger partial charge on any atom is -0.381 e. The van der Waals surface area contributed by atoms with Crippen molar-refractivity contribution in [2.24, 2.45) is 11.7 Å². The number of ether oxygens (including phenoxy) is 1. The molecule has 2 N–H and O–H groups in total. The third-order valence-corrected chi connectivity index (χ3v) is 4.37. The smallest absolute Gasteiger partial charge is 0.223 e. The molecule has 17 heavy (non-hydrogen) atoms. The van der Waals surface area contributed by atoms with Crippen LogP contribution in [0.1, 0.15) is 39.5 Å². The van der Waals surface area contributed by atoms with Crippen LogP contribution in [0.25, 0.3) is 0 Å². The van der Waals surface area contributed by atoms with Crippen LogP contribution in [0.4, 0.5) is 0 Å². The van der Waals surface area contributed by atoms with Crippen LogP contribution in [0.15, 0.2) is 0 Å². The van der Waals surface area contributed by atoms with Gasteiger partial charge in [0, 0.05) is 32.2 Å². The first-order chi connectivity index (χ1) is 8.01. The molecule has 1 atom stereocenters. The summed E-state index contributed by atoms with van der Waals surface area (Å²) in [6, 6.07) is 0.112. The molecule has 4 nitrogen and oxygen atoms in total. The SMILES string of the molecule is CC1(C)C(N)CCN1C(=O)CC1CCOCC1. The van der Waals surface area contributed by atoms with Crippen LogP contribution in [-0.4, -0.2) is 42.1 Å². The van der Waals surface area contributed by atoms with E-state index in [0.717, 1.165) is 39.0 Å². The lowest BCUT2D eigenvalue weighted by Crippen LogP contribution is -2.51. The normalized spacial score (nSPS) is 29.6. The molecule has 0 aliphatic carbocycles. The fourth-order valence-corrected chi connectivity index (χ4v) is 2.86. The molecule has 2 aliphatic rings. The van der Waals surface area contributed by atoms with Gasteiger partial charge < -0.3 is 15.4 Å². The Bertz CT molecular complexity index is 285. The molecule has 2 rings (SSSR count). The molecule has 0 aromatic carbocycles. The van der Waals surface area contributed by atoms with E-state index in [-0.39, 0.29) is 17.5 Å². The standard InChI is InChI=1S/C13H24N2O2/c1-13(2)11(14)3-6-15(13)12(16)9-10-4-7-17-8-5-10/h10-11H,3-9,14H2,1-2H3. The van der Waals surface area contributed by atoms with Gasteiger partial charge in [0.1, 0.15) is 0 Å². The molecule has 1 unspecified atom stereocenters. The monoisotopic (exact) mass is 240 g/mol. The van der Waals surface area contributed by atoms with Crippen molar-refractivity contribution in [3.05, 3.63) is 0 Å². The van der Waals surface area contributed by atoms with E-state index in [0.29, 0.717) is 12.3 Å². The molecule has 0 radical (unpaired) electrons. The lowest BCUT2D eigenvalue weighted by molar-refractivity contribution is -0.136. The Hall–Kier alpha value is -0.610. The molecular weight excluding hydrogens is 216 g/mol. The van der Waals surface area contributed by atoms with E-state index in [1.54, 1.807) is 0 Å². The summed E-state index contributed by atoms with van der Waals surface area (Å²) in [6.07, 6.45) is 3.63. The Kier molecular flexibility index (Phi) is 3.73. The summed E-state index contributed by atoms with van der Waals surface area (Å²) < 4.78 is 5.32. The van der Waals surface area contributed by atoms with Crippen molar-refractivity contribution in [3.63, 3.8) is 0 Å². The van der Waals surface area contributed by atoms with Gasteiger partial charge in [0.15, 0.2) is 0 Å². The summed E-state index contributed by atoms with van der Waals surface area (Å²) in [5.74, 6) is 0.777. The number of nitrogens with zero attached hydrogens (tertiary/aromatic N) is 1. The fourth-order valence-electron chi connectivity index (χ4n) is 2.86. The van der Waals surface area contributed by atoms with Crippen LogP contribution in [-0.2, 0) is 9.53 Å². The van der Waals surface area contributed by atoms with Gasteiger partial charge in [-0.25, -0.2) is 0 Å². The number of likely N-dealkylation sites (tertiary alicyclic amines) is 1. The van der Waals surface area contributed by atoms with Crippen molar-refractivity contribution in [3.8, 4) is 0 Å². The van der Waals surface area contributed by atoms with Gasteiger partial charge in [-0.2, -0.15) is 0 Å². The number of hydrogen-bond acceptors (Lipinski definition) is 3. The van der Waals surface area contributed by atoms with Crippen LogP contribution in [0.3, 0.4) is 0 Å². The van der Waals surface area contributed by atoms with E-state index in [9.17, 15) is 4.79 Å². The topological polar surface area (TPSA) is 55.6 Å². The summed E-state index contributed by atoms with van der Waals surface area (Å²) in [7, 11) is 0. The lowest BCUT2D eigenvalue weighted by atomic mass is 9.93. The molecule has 2 heterocycles. The third-order valence-electron chi connectivity index (χ3n) is 4.37. The highest BCUT2D eigenvalue weighted by atomic mass is 16.5. The van der Waals surface area contributed by atoms with Gasteiger partial charge in [0.2, 0.25) is 5.91 Å². The van der Waals surface area contributed by atoms with E-state index in [2.05, 4.69) is 13.8 Å². The maximum atomic E-state index is 12.3. The van der Waals surface area contributed by atoms with Crippen LogP contribution < -0.4 is 5.73 Å². The van der Waals surface area contributed by atoms with Gasteiger partial charge in [0.25, 0.3) is 0 Å². The van der Waals surface area contributed by atoms with Crippen molar-refractivity contribution in [1.29, 1.82) is 0 Å². The molecule has 0 aromatic heterocycles. The van der Waals surface area contributed by atoms with Gasteiger partial charge in [0.05, 0.1) is 5.54 Å². The second-order valence-corrected chi connectivity index (χ2v) is 5.85. The number of amides is 1. The Morgan fingerprint density at radius 2 is 2.00 bits per heavy atom. The van der Waals surface area contributed by atoms with E-state index >= 15 is 0 Å². The molecule has 2 aliphatic heterocycles. The van der Waals surface area contributed by atoms with E-state index in [1.807, 2.05) is 4.90 Å². The van der Waals surface area contributed by atoms with Crippen molar-refractivity contribution in [2.75, 3.05) is 19.8 Å². The Morgan fingerprint density at radius 3 is 2.53 bits per heavy atom. The molecule has 98 valence electrons. The maximum Gasteiger partial charge on any atom is 0.223 e. The first-order valence-corrected chi connectivity index (χ1v) is 6.65. The molecular formula is C13H24N2O2. The summed E-state index contributed by atoms with van der Waals surface area (Å²) in [6.45, 7) is 6.58. The summed E-state index contributed by atoms with van der Waals surface area (Å²) in [5, 5.41) is 0. The van der Waals surface area contributed by atoms with E-state index in [1.165, 1.54) is 0 Å². The quantitative estimate of drug-likeness (QED) is 0.787. The van der Waals surface area contributed by atoms with Crippen molar-refractivity contribution >= 4 is 5.91 Å². The zero-order valence-corrected chi connectivity index (χ0v) is 10.9. The van der Waals surface area contributed by atoms with Crippen LogP contribution in [0.5, 0.6) is 0 Å². The first-order valence-electron chi connectivity index (χ1n) is 6.65. The van der Waals surface area contributed by atoms with Gasteiger partial charge in [-0.15, -0.1) is 0 Å². The van der Waals surface area contributed by atoms with Crippen molar-refractivity contribution < 1.29 is 9.53 Å². The molecule has 2 fully saturated rings. The Balaban J connectivity index is 1.91.